The van der Waals surface area contributed by atoms with Gasteiger partial charge in [-0.2, -0.15) is 0 Å². The number of aryl methyl sites for hydroxylation is 4. The van der Waals surface area contributed by atoms with Gasteiger partial charge < -0.3 is 0 Å². The molecule has 2 rings (SSSR count). The standard InChI is InChI=1S/2C8H10.C3H8.2CH4/c1-7-3-5-8(2)6-4-7;1-7-4-3-5-8(2)6-7;1-3-2;;/h2*3-6H,1-2H3;3H2,1-2H3;2*1H4. The van der Waals surface area contributed by atoms with E-state index in [1.807, 2.05) is 0 Å². The Bertz CT molecular complexity index is 400. The van der Waals surface area contributed by atoms with E-state index in [9.17, 15) is 0 Å². The maximum absolute atomic E-state index is 2.17. The molecule has 2 aromatic rings. The monoisotopic (exact) mass is 288 g/mol. The Hall–Kier alpha value is -1.56. The zero-order valence-corrected chi connectivity index (χ0v) is 13.3. The molecule has 0 heterocycles. The zero-order valence-electron chi connectivity index (χ0n) is 13.3. The first-order valence-electron chi connectivity index (χ1n) is 7.06. The molecule has 0 bridgehead atoms. The molecule has 0 aromatic heterocycles. The van der Waals surface area contributed by atoms with Crippen LogP contribution in [0.15, 0.2) is 48.5 Å². The number of benzene rings is 2. The summed E-state index contributed by atoms with van der Waals surface area (Å²) in [6.07, 6.45) is 1.25. The summed E-state index contributed by atoms with van der Waals surface area (Å²) in [6, 6.07) is 16.9. The molecule has 0 aliphatic rings. The van der Waals surface area contributed by atoms with E-state index in [0.29, 0.717) is 0 Å². The van der Waals surface area contributed by atoms with E-state index in [1.54, 1.807) is 0 Å². The first-order valence-corrected chi connectivity index (χ1v) is 7.06. The van der Waals surface area contributed by atoms with Crippen LogP contribution >= 0.6 is 0 Å². The van der Waals surface area contributed by atoms with Gasteiger partial charge >= 0.3 is 0 Å². The van der Waals surface area contributed by atoms with Crippen molar-refractivity contribution in [1.82, 2.24) is 0 Å². The first-order chi connectivity index (χ1) is 8.99. The molecule has 0 atom stereocenters. The third-order valence-corrected chi connectivity index (χ3v) is 2.39. The van der Waals surface area contributed by atoms with Crippen LogP contribution in [-0.4, -0.2) is 0 Å². The van der Waals surface area contributed by atoms with Gasteiger partial charge in [0, 0.05) is 0 Å². The maximum Gasteiger partial charge on any atom is -0.0398 e. The second-order valence-electron chi connectivity index (χ2n) is 5.02. The van der Waals surface area contributed by atoms with Crippen molar-refractivity contribution >= 4 is 0 Å². The normalized spacial score (nSPS) is 7.90. The minimum atomic E-state index is 0. The van der Waals surface area contributed by atoms with Gasteiger partial charge in [-0.3, -0.25) is 0 Å². The molecule has 0 unspecified atom stereocenters. The number of hydrogen-bond donors (Lipinski definition) is 0. The van der Waals surface area contributed by atoms with Crippen LogP contribution in [0.2, 0.25) is 0 Å². The van der Waals surface area contributed by atoms with Crippen LogP contribution in [0.25, 0.3) is 0 Å². The molecule has 0 heteroatoms. The van der Waals surface area contributed by atoms with E-state index < -0.39 is 0 Å². The Morgan fingerprint density at radius 3 is 1.05 bits per heavy atom. The number of hydrogen-bond acceptors (Lipinski definition) is 0. The van der Waals surface area contributed by atoms with Crippen molar-refractivity contribution in [3.05, 3.63) is 70.8 Å². The van der Waals surface area contributed by atoms with Crippen molar-refractivity contribution in [1.29, 1.82) is 0 Å². The fourth-order valence-electron chi connectivity index (χ4n) is 1.44. The molecule has 0 spiro atoms. The van der Waals surface area contributed by atoms with Crippen LogP contribution in [0.1, 0.15) is 57.4 Å². The van der Waals surface area contributed by atoms with Gasteiger partial charge in [0.1, 0.15) is 0 Å². The van der Waals surface area contributed by atoms with Gasteiger partial charge in [-0.1, -0.05) is 106 Å². The summed E-state index contributed by atoms with van der Waals surface area (Å²) in [7, 11) is 0. The third kappa shape index (κ3) is 14.7. The minimum Gasteiger partial charge on any atom is -0.0776 e. The van der Waals surface area contributed by atoms with Gasteiger partial charge in [0.2, 0.25) is 0 Å². The predicted molar refractivity (Wildman–Crippen MR) is 101 cm³/mol. The Labute approximate surface area is 134 Å². The first kappa shape index (κ1) is 24.5. The van der Waals surface area contributed by atoms with Crippen molar-refractivity contribution in [3.63, 3.8) is 0 Å². The molecule has 0 saturated heterocycles. The molecule has 0 radical (unpaired) electrons. The van der Waals surface area contributed by atoms with Gasteiger partial charge in [0.05, 0.1) is 0 Å². The van der Waals surface area contributed by atoms with Crippen molar-refractivity contribution in [2.75, 3.05) is 0 Å². The Morgan fingerprint density at radius 2 is 0.857 bits per heavy atom. The average Bonchev–Trinajstić information content (AvgIpc) is 2.34. The van der Waals surface area contributed by atoms with E-state index in [1.165, 1.54) is 28.7 Å². The summed E-state index contributed by atoms with van der Waals surface area (Å²) in [4.78, 5) is 0. The topological polar surface area (TPSA) is 0 Å². The van der Waals surface area contributed by atoms with Gasteiger partial charge in [0.15, 0.2) is 0 Å². The van der Waals surface area contributed by atoms with Crippen LogP contribution in [0.4, 0.5) is 0 Å². The summed E-state index contributed by atoms with van der Waals surface area (Å²) >= 11 is 0. The van der Waals surface area contributed by atoms with Gasteiger partial charge in [-0.15, -0.1) is 0 Å². The molecule has 2 aromatic carbocycles. The average molecular weight is 289 g/mol. The van der Waals surface area contributed by atoms with E-state index in [-0.39, 0.29) is 14.9 Å². The maximum atomic E-state index is 2.17. The lowest BCUT2D eigenvalue weighted by molar-refractivity contribution is 1.09. The highest BCUT2D eigenvalue weighted by atomic mass is 13.9. The predicted octanol–water partition coefficient (Wildman–Crippen LogP) is 7.30. The van der Waals surface area contributed by atoms with E-state index in [4.69, 9.17) is 0 Å². The lowest BCUT2D eigenvalue weighted by Crippen LogP contribution is -1.71. The highest BCUT2D eigenvalue weighted by molar-refractivity contribution is 5.20. The number of rotatable bonds is 0. The molecule has 0 nitrogen and oxygen atoms in total. The van der Waals surface area contributed by atoms with Crippen molar-refractivity contribution in [2.24, 2.45) is 0 Å². The Morgan fingerprint density at radius 1 is 0.571 bits per heavy atom. The summed E-state index contributed by atoms with van der Waals surface area (Å²) < 4.78 is 0. The summed E-state index contributed by atoms with van der Waals surface area (Å²) in [5.74, 6) is 0. The van der Waals surface area contributed by atoms with Gasteiger partial charge in [-0.05, 0) is 27.7 Å². The van der Waals surface area contributed by atoms with Crippen molar-refractivity contribution in [2.45, 2.75) is 62.8 Å². The minimum absolute atomic E-state index is 0. The van der Waals surface area contributed by atoms with Crippen LogP contribution in [0, 0.1) is 27.7 Å². The summed E-state index contributed by atoms with van der Waals surface area (Å²) in [6.45, 7) is 12.7. The van der Waals surface area contributed by atoms with Crippen LogP contribution in [0.5, 0.6) is 0 Å². The Kier molecular flexibility index (Phi) is 17.3. The smallest absolute Gasteiger partial charge is 0.0398 e. The molecular formula is C21H36. The largest absolute Gasteiger partial charge is 0.0776 e. The van der Waals surface area contributed by atoms with E-state index >= 15 is 0 Å². The second kappa shape index (κ2) is 14.8. The second-order valence-corrected chi connectivity index (χ2v) is 5.02. The molecule has 0 fully saturated rings. The molecule has 0 amide bonds. The lowest BCUT2D eigenvalue weighted by Gasteiger charge is -1.90. The lowest BCUT2D eigenvalue weighted by atomic mass is 10.2. The van der Waals surface area contributed by atoms with Crippen LogP contribution < -0.4 is 0 Å². The fourth-order valence-corrected chi connectivity index (χ4v) is 1.44. The van der Waals surface area contributed by atoms with E-state index in [2.05, 4.69) is 90.1 Å². The summed E-state index contributed by atoms with van der Waals surface area (Å²) in [5.41, 5.74) is 5.33. The summed E-state index contributed by atoms with van der Waals surface area (Å²) in [5, 5.41) is 0. The zero-order chi connectivity index (χ0) is 14.7. The van der Waals surface area contributed by atoms with Crippen molar-refractivity contribution < 1.29 is 0 Å². The quantitative estimate of drug-likeness (QED) is 0.477. The highest BCUT2D eigenvalue weighted by Crippen LogP contribution is 2.00. The SMILES string of the molecule is C.C.CCC.Cc1ccc(C)cc1.Cc1cccc(C)c1. The van der Waals surface area contributed by atoms with Crippen LogP contribution in [0.3, 0.4) is 0 Å². The molecule has 21 heavy (non-hydrogen) atoms. The van der Waals surface area contributed by atoms with Gasteiger partial charge in [-0.25, -0.2) is 0 Å². The Balaban J connectivity index is -0.000000242. The van der Waals surface area contributed by atoms with Crippen LogP contribution in [-0.2, 0) is 0 Å². The molecule has 0 N–H and O–H groups in total. The fraction of sp³-hybridized carbons (Fsp3) is 0.429. The molecule has 120 valence electrons. The molecule has 0 aliphatic carbocycles. The third-order valence-electron chi connectivity index (χ3n) is 2.39. The van der Waals surface area contributed by atoms with Gasteiger partial charge in [0.25, 0.3) is 0 Å². The molecule has 0 aliphatic heterocycles. The van der Waals surface area contributed by atoms with Crippen molar-refractivity contribution in [3.8, 4) is 0 Å². The molecular weight excluding hydrogens is 252 g/mol. The highest BCUT2D eigenvalue weighted by Gasteiger charge is 1.81. The van der Waals surface area contributed by atoms with E-state index in [0.717, 1.165) is 0 Å². The molecule has 0 saturated carbocycles.